The Balaban J connectivity index is 1.14. The number of para-hydroxylation sites is 1. The average Bonchev–Trinajstić information content (AvgIpc) is 3.83. The molecule has 2 aliphatic rings. The zero-order valence-electron chi connectivity index (χ0n) is 34.4. The van der Waals surface area contributed by atoms with Crippen LogP contribution in [0.5, 0.6) is 0 Å². The molecule has 1 nitrogen and oxygen atoms in total. The average molecular weight is 818 g/mol. The number of thiophene rings is 1. The van der Waals surface area contributed by atoms with E-state index in [0.29, 0.717) is 0 Å². The van der Waals surface area contributed by atoms with Crippen molar-refractivity contribution < 1.29 is 0 Å². The van der Waals surface area contributed by atoms with E-state index in [0.717, 1.165) is 17.1 Å². The minimum Gasteiger partial charge on any atom is -0.310 e. The first-order valence-corrected chi connectivity index (χ1v) is 22.6. The maximum atomic E-state index is 2.54. The molecule has 0 fully saturated rings. The summed E-state index contributed by atoms with van der Waals surface area (Å²) in [5.74, 6) is 0. The summed E-state index contributed by atoms with van der Waals surface area (Å²) in [7, 11) is 0. The van der Waals surface area contributed by atoms with Crippen molar-refractivity contribution >= 4 is 48.6 Å². The Bertz CT molecular complexity index is 3570. The van der Waals surface area contributed by atoms with Gasteiger partial charge in [0.25, 0.3) is 0 Å². The molecule has 13 rings (SSSR count). The highest BCUT2D eigenvalue weighted by Crippen LogP contribution is 2.63. The second-order valence-electron chi connectivity index (χ2n) is 16.7. The van der Waals surface area contributed by atoms with Gasteiger partial charge < -0.3 is 4.90 Å². The van der Waals surface area contributed by atoms with Gasteiger partial charge >= 0.3 is 0 Å². The van der Waals surface area contributed by atoms with Gasteiger partial charge in [-0.3, -0.25) is 0 Å². The lowest BCUT2D eigenvalue weighted by atomic mass is 9.65. The number of hydrogen-bond acceptors (Lipinski definition) is 2. The highest BCUT2D eigenvalue weighted by molar-refractivity contribution is 7.25. The molecule has 1 unspecified atom stereocenters. The van der Waals surface area contributed by atoms with Crippen LogP contribution in [0, 0.1) is 0 Å². The molecule has 1 atom stereocenters. The summed E-state index contributed by atoms with van der Waals surface area (Å²) in [6.07, 6.45) is 0. The van der Waals surface area contributed by atoms with Gasteiger partial charge in [0.15, 0.2) is 0 Å². The standard InChI is InChI=1S/C61H39NS/c1-3-17-40(18-4-1)41-31-33-43(34-32-41)62(58-29-15-11-21-45(58)42-19-5-2-6-20-42)44-35-36-50-47-23-8-7-22-46(47)48-24-9-13-27-54(48)61(56(50)37-44)55-28-14-10-25-49(55)52-38-53-51-26-12-16-30-59(51)63-60(53)39-57(52)61/h1-39H. The molecule has 0 bridgehead atoms. The van der Waals surface area contributed by atoms with Crippen LogP contribution < -0.4 is 4.90 Å². The Morgan fingerprint density at radius 3 is 1.51 bits per heavy atom. The number of rotatable bonds is 5. The molecular formula is C61H39NS. The smallest absolute Gasteiger partial charge is 0.0726 e. The molecule has 2 aliphatic carbocycles. The number of fused-ring (bicyclic) bond motifs is 15. The normalized spacial score (nSPS) is 14.4. The predicted molar refractivity (Wildman–Crippen MR) is 267 cm³/mol. The summed E-state index contributed by atoms with van der Waals surface area (Å²) in [6.45, 7) is 0. The van der Waals surface area contributed by atoms with Gasteiger partial charge in [-0.2, -0.15) is 0 Å². The first kappa shape index (κ1) is 35.9. The van der Waals surface area contributed by atoms with Gasteiger partial charge in [0, 0.05) is 37.1 Å². The molecule has 0 amide bonds. The fourth-order valence-corrected chi connectivity index (χ4v) is 12.0. The molecule has 1 heterocycles. The topological polar surface area (TPSA) is 3.24 Å². The summed E-state index contributed by atoms with van der Waals surface area (Å²) in [5, 5.41) is 2.64. The van der Waals surface area contributed by atoms with Gasteiger partial charge in [0.05, 0.1) is 11.1 Å². The Morgan fingerprint density at radius 1 is 0.286 bits per heavy atom. The summed E-state index contributed by atoms with van der Waals surface area (Å²) in [5.41, 5.74) is 20.3. The largest absolute Gasteiger partial charge is 0.310 e. The van der Waals surface area contributed by atoms with Crippen LogP contribution in [0.1, 0.15) is 22.3 Å². The molecule has 2 heteroatoms. The lowest BCUT2D eigenvalue weighted by Gasteiger charge is -2.36. The van der Waals surface area contributed by atoms with Crippen molar-refractivity contribution in [1.82, 2.24) is 0 Å². The molecule has 0 saturated carbocycles. The van der Waals surface area contributed by atoms with Crippen molar-refractivity contribution in [3.8, 4) is 55.6 Å². The van der Waals surface area contributed by atoms with E-state index in [1.54, 1.807) is 0 Å². The zero-order chi connectivity index (χ0) is 41.5. The second kappa shape index (κ2) is 14.1. The summed E-state index contributed by atoms with van der Waals surface area (Å²) in [6, 6.07) is 88.1. The van der Waals surface area contributed by atoms with Gasteiger partial charge in [-0.25, -0.2) is 0 Å². The molecule has 11 aromatic rings. The minimum absolute atomic E-state index is 0.626. The van der Waals surface area contributed by atoms with E-state index in [1.807, 2.05) is 11.3 Å². The van der Waals surface area contributed by atoms with E-state index in [-0.39, 0.29) is 0 Å². The van der Waals surface area contributed by atoms with Crippen molar-refractivity contribution in [3.63, 3.8) is 0 Å². The quantitative estimate of drug-likeness (QED) is 0.167. The first-order valence-electron chi connectivity index (χ1n) is 21.8. The van der Waals surface area contributed by atoms with Crippen molar-refractivity contribution in [2.45, 2.75) is 5.41 Å². The molecular weight excluding hydrogens is 779 g/mol. The third kappa shape index (κ3) is 5.35. The molecule has 10 aromatic carbocycles. The molecule has 0 aliphatic heterocycles. The van der Waals surface area contributed by atoms with E-state index >= 15 is 0 Å². The predicted octanol–water partition coefficient (Wildman–Crippen LogP) is 16.9. The molecule has 1 spiro atoms. The summed E-state index contributed by atoms with van der Waals surface area (Å²) >= 11 is 1.90. The van der Waals surface area contributed by atoms with Crippen LogP contribution in [0.15, 0.2) is 237 Å². The van der Waals surface area contributed by atoms with Crippen LogP contribution in [0.3, 0.4) is 0 Å². The van der Waals surface area contributed by atoms with Crippen LogP contribution in [-0.4, -0.2) is 0 Å². The van der Waals surface area contributed by atoms with Crippen molar-refractivity contribution in [3.05, 3.63) is 259 Å². The molecule has 63 heavy (non-hydrogen) atoms. The Hall–Kier alpha value is -7.78. The Labute approximate surface area is 371 Å². The van der Waals surface area contributed by atoms with Crippen LogP contribution in [0.2, 0.25) is 0 Å². The van der Waals surface area contributed by atoms with Gasteiger partial charge in [-0.1, -0.05) is 188 Å². The van der Waals surface area contributed by atoms with Crippen molar-refractivity contribution in [2.24, 2.45) is 0 Å². The highest BCUT2D eigenvalue weighted by atomic mass is 32.1. The summed E-state index contributed by atoms with van der Waals surface area (Å²) < 4.78 is 2.64. The maximum Gasteiger partial charge on any atom is 0.0726 e. The van der Waals surface area contributed by atoms with Gasteiger partial charge in [0.2, 0.25) is 0 Å². The SMILES string of the molecule is c1ccc(-c2ccc(N(c3ccc4c(c3)C3(c5ccccc5-c5ccccc5-4)c4ccccc4-c4cc5c(cc43)sc3ccccc35)c3ccccc3-c3ccccc3)cc2)cc1. The van der Waals surface area contributed by atoms with E-state index in [4.69, 9.17) is 0 Å². The fourth-order valence-electron chi connectivity index (χ4n) is 10.8. The summed E-state index contributed by atoms with van der Waals surface area (Å²) in [4.78, 5) is 2.48. The maximum absolute atomic E-state index is 2.54. The van der Waals surface area contributed by atoms with Crippen LogP contribution in [0.4, 0.5) is 17.1 Å². The zero-order valence-corrected chi connectivity index (χ0v) is 35.2. The van der Waals surface area contributed by atoms with E-state index in [9.17, 15) is 0 Å². The van der Waals surface area contributed by atoms with E-state index < -0.39 is 5.41 Å². The number of nitrogens with zero attached hydrogens (tertiary/aromatic N) is 1. The molecule has 0 N–H and O–H groups in total. The third-order valence-electron chi connectivity index (χ3n) is 13.5. The van der Waals surface area contributed by atoms with Crippen molar-refractivity contribution in [2.75, 3.05) is 4.90 Å². The van der Waals surface area contributed by atoms with Crippen LogP contribution in [0.25, 0.3) is 75.8 Å². The molecule has 294 valence electrons. The number of anilines is 3. The monoisotopic (exact) mass is 817 g/mol. The first-order chi connectivity index (χ1) is 31.3. The lowest BCUT2D eigenvalue weighted by Crippen LogP contribution is -2.29. The number of hydrogen-bond donors (Lipinski definition) is 0. The van der Waals surface area contributed by atoms with Crippen molar-refractivity contribution in [1.29, 1.82) is 0 Å². The highest BCUT2D eigenvalue weighted by Gasteiger charge is 2.50. The van der Waals surface area contributed by atoms with Gasteiger partial charge in [-0.05, 0) is 121 Å². The van der Waals surface area contributed by atoms with E-state index in [1.165, 1.54) is 98.1 Å². The Kier molecular flexibility index (Phi) is 8.06. The molecule has 1 aromatic heterocycles. The number of benzene rings is 10. The van der Waals surface area contributed by atoms with E-state index in [2.05, 4.69) is 241 Å². The van der Waals surface area contributed by atoms with Crippen LogP contribution in [-0.2, 0) is 5.41 Å². The molecule has 0 saturated heterocycles. The third-order valence-corrected chi connectivity index (χ3v) is 14.6. The lowest BCUT2D eigenvalue weighted by molar-refractivity contribution is 0.776. The fraction of sp³-hybridized carbons (Fsp3) is 0.0164. The second-order valence-corrected chi connectivity index (χ2v) is 17.8. The van der Waals surface area contributed by atoms with Gasteiger partial charge in [0.1, 0.15) is 0 Å². The van der Waals surface area contributed by atoms with Gasteiger partial charge in [-0.15, -0.1) is 11.3 Å². The van der Waals surface area contributed by atoms with Crippen LogP contribution >= 0.6 is 11.3 Å². The Morgan fingerprint density at radius 2 is 0.794 bits per heavy atom. The minimum atomic E-state index is -0.626. The molecule has 0 radical (unpaired) electrons.